The van der Waals surface area contributed by atoms with Crippen molar-refractivity contribution >= 4 is 5.91 Å². The van der Waals surface area contributed by atoms with Crippen molar-refractivity contribution in [2.75, 3.05) is 19.8 Å². The summed E-state index contributed by atoms with van der Waals surface area (Å²) in [6.07, 6.45) is 5.02. The molecule has 0 radical (unpaired) electrons. The number of carbonyl (C=O) groups excluding carboxylic acids is 1. The Labute approximate surface area is 179 Å². The van der Waals surface area contributed by atoms with Gasteiger partial charge in [-0.25, -0.2) is 9.67 Å². The number of aromatic nitrogens is 3. The lowest BCUT2D eigenvalue weighted by molar-refractivity contribution is 0.0950. The highest BCUT2D eigenvalue weighted by atomic mass is 16.5. The van der Waals surface area contributed by atoms with Gasteiger partial charge < -0.3 is 10.1 Å². The summed E-state index contributed by atoms with van der Waals surface area (Å²) in [6, 6.07) is 10.6. The van der Waals surface area contributed by atoms with Crippen LogP contribution in [0.1, 0.15) is 34.3 Å². The minimum Gasteiger partial charge on any atom is -0.381 e. The average molecular weight is 417 g/mol. The van der Waals surface area contributed by atoms with E-state index >= 15 is 0 Å². The number of nitrogens with zero attached hydrogens (tertiary/aromatic N) is 3. The van der Waals surface area contributed by atoms with E-state index in [4.69, 9.17) is 10.00 Å². The van der Waals surface area contributed by atoms with E-state index in [1.165, 1.54) is 10.9 Å². The van der Waals surface area contributed by atoms with Crippen molar-refractivity contribution in [1.82, 2.24) is 20.1 Å². The van der Waals surface area contributed by atoms with Gasteiger partial charge in [-0.2, -0.15) is 5.26 Å². The number of nitrogens with one attached hydrogen (secondary N) is 2. The maximum Gasteiger partial charge on any atom is 0.280 e. The molecule has 0 aliphatic carbocycles. The summed E-state index contributed by atoms with van der Waals surface area (Å²) >= 11 is 0. The number of aromatic amines is 1. The molecule has 0 saturated carbocycles. The first-order chi connectivity index (χ1) is 15.1. The minimum atomic E-state index is -0.253. The molecular formula is C23H23N5O3. The van der Waals surface area contributed by atoms with Gasteiger partial charge in [-0.05, 0) is 61.1 Å². The van der Waals surface area contributed by atoms with Crippen molar-refractivity contribution in [2.45, 2.75) is 19.8 Å². The van der Waals surface area contributed by atoms with Crippen LogP contribution in [0.3, 0.4) is 0 Å². The molecule has 8 nitrogen and oxygen atoms in total. The lowest BCUT2D eigenvalue weighted by Crippen LogP contribution is -2.26. The molecule has 158 valence electrons. The van der Waals surface area contributed by atoms with E-state index < -0.39 is 0 Å². The fourth-order valence-corrected chi connectivity index (χ4v) is 3.72. The third-order valence-corrected chi connectivity index (χ3v) is 5.52. The van der Waals surface area contributed by atoms with Crippen molar-refractivity contribution < 1.29 is 9.53 Å². The van der Waals surface area contributed by atoms with Crippen LogP contribution < -0.4 is 10.9 Å². The summed E-state index contributed by atoms with van der Waals surface area (Å²) in [5.74, 6) is 0.711. The molecule has 1 saturated heterocycles. The standard InChI is InChI=1S/C23H23N5O3/c1-15-10-17(11-24)2-4-19(15)20-13-27-28(23(20)30)21-5-3-18(12-26-21)22(29)25-8-6-16-7-9-31-14-16/h2-5,10,12-13,16,27H,6-9,14H2,1H3,(H,25,29). The van der Waals surface area contributed by atoms with Gasteiger partial charge in [0.05, 0.1) is 22.8 Å². The van der Waals surface area contributed by atoms with Gasteiger partial charge in [-0.15, -0.1) is 0 Å². The molecule has 1 aromatic carbocycles. The number of ether oxygens (including phenoxy) is 1. The number of benzene rings is 1. The Morgan fingerprint density at radius 3 is 2.90 bits per heavy atom. The van der Waals surface area contributed by atoms with Crippen molar-refractivity contribution in [3.63, 3.8) is 0 Å². The highest BCUT2D eigenvalue weighted by Gasteiger charge is 2.16. The van der Waals surface area contributed by atoms with Crippen molar-refractivity contribution in [1.29, 1.82) is 5.26 Å². The van der Waals surface area contributed by atoms with Crippen LogP contribution >= 0.6 is 0 Å². The molecule has 4 rings (SSSR count). The fourth-order valence-electron chi connectivity index (χ4n) is 3.72. The number of rotatable bonds is 6. The third-order valence-electron chi connectivity index (χ3n) is 5.52. The van der Waals surface area contributed by atoms with Crippen LogP contribution in [-0.2, 0) is 4.74 Å². The summed E-state index contributed by atoms with van der Waals surface area (Å²) in [5, 5.41) is 14.9. The van der Waals surface area contributed by atoms with Gasteiger partial charge in [0.2, 0.25) is 0 Å². The van der Waals surface area contributed by atoms with Crippen LogP contribution in [0.2, 0.25) is 0 Å². The average Bonchev–Trinajstić information content (AvgIpc) is 3.43. The van der Waals surface area contributed by atoms with Gasteiger partial charge in [-0.1, -0.05) is 6.07 Å². The molecule has 1 atom stereocenters. The zero-order valence-corrected chi connectivity index (χ0v) is 17.2. The molecule has 1 fully saturated rings. The zero-order valence-electron chi connectivity index (χ0n) is 17.2. The van der Waals surface area contributed by atoms with Crippen molar-refractivity contribution in [2.24, 2.45) is 5.92 Å². The molecule has 8 heteroatoms. The van der Waals surface area contributed by atoms with Gasteiger partial charge in [0.25, 0.3) is 11.5 Å². The number of aryl methyl sites for hydroxylation is 1. The highest BCUT2D eigenvalue weighted by Crippen LogP contribution is 2.21. The lowest BCUT2D eigenvalue weighted by atomic mass is 10.0. The SMILES string of the molecule is Cc1cc(C#N)ccc1-c1c[nH]n(-c2ccc(C(=O)NCCC3CCOC3)cn2)c1=O. The van der Waals surface area contributed by atoms with E-state index in [0.717, 1.165) is 37.2 Å². The third kappa shape index (κ3) is 4.42. The van der Waals surface area contributed by atoms with E-state index in [0.29, 0.717) is 35.0 Å². The van der Waals surface area contributed by atoms with Crippen LogP contribution in [0.4, 0.5) is 0 Å². The van der Waals surface area contributed by atoms with Crippen LogP contribution in [-0.4, -0.2) is 40.4 Å². The van der Waals surface area contributed by atoms with E-state index in [1.807, 2.05) is 6.92 Å². The summed E-state index contributed by atoms with van der Waals surface area (Å²) in [7, 11) is 0. The molecular weight excluding hydrogens is 394 g/mol. The van der Waals surface area contributed by atoms with E-state index in [-0.39, 0.29) is 11.5 Å². The molecule has 0 spiro atoms. The van der Waals surface area contributed by atoms with Crippen LogP contribution in [0, 0.1) is 24.2 Å². The number of carbonyl (C=O) groups is 1. The number of H-pyrrole nitrogens is 1. The zero-order chi connectivity index (χ0) is 21.8. The second-order valence-electron chi connectivity index (χ2n) is 7.65. The lowest BCUT2D eigenvalue weighted by Gasteiger charge is -2.09. The van der Waals surface area contributed by atoms with E-state index in [9.17, 15) is 9.59 Å². The maximum absolute atomic E-state index is 12.9. The second kappa shape index (κ2) is 8.98. The topological polar surface area (TPSA) is 113 Å². The highest BCUT2D eigenvalue weighted by molar-refractivity contribution is 5.93. The van der Waals surface area contributed by atoms with E-state index in [1.54, 1.807) is 36.5 Å². The largest absolute Gasteiger partial charge is 0.381 e. The molecule has 3 aromatic rings. The number of hydrogen-bond acceptors (Lipinski definition) is 5. The predicted octanol–water partition coefficient (Wildman–Crippen LogP) is 2.56. The van der Waals surface area contributed by atoms with Crippen molar-refractivity contribution in [3.05, 3.63) is 69.8 Å². The maximum atomic E-state index is 12.9. The van der Waals surface area contributed by atoms with Gasteiger partial charge in [-0.3, -0.25) is 14.7 Å². The molecule has 31 heavy (non-hydrogen) atoms. The van der Waals surface area contributed by atoms with E-state index in [2.05, 4.69) is 21.5 Å². The quantitative estimate of drug-likeness (QED) is 0.640. The fraction of sp³-hybridized carbons (Fsp3) is 0.304. The van der Waals surface area contributed by atoms with Crippen molar-refractivity contribution in [3.8, 4) is 23.0 Å². The Balaban J connectivity index is 1.46. The summed E-state index contributed by atoms with van der Waals surface area (Å²) in [6.45, 7) is 4.02. The van der Waals surface area contributed by atoms with Crippen LogP contribution in [0.25, 0.3) is 16.9 Å². The Bertz CT molecular complexity index is 1180. The normalized spacial score (nSPS) is 15.5. The summed E-state index contributed by atoms with van der Waals surface area (Å²) in [5.41, 5.74) is 2.81. The molecule has 1 amide bonds. The molecule has 2 aromatic heterocycles. The van der Waals surface area contributed by atoms with Crippen LogP contribution in [0.5, 0.6) is 0 Å². The second-order valence-corrected chi connectivity index (χ2v) is 7.65. The first-order valence-electron chi connectivity index (χ1n) is 10.2. The molecule has 1 aliphatic rings. The van der Waals surface area contributed by atoms with Gasteiger partial charge >= 0.3 is 0 Å². The molecule has 0 bridgehead atoms. The Hall–Kier alpha value is -3.70. The number of amides is 1. The Morgan fingerprint density at radius 1 is 1.35 bits per heavy atom. The van der Waals surface area contributed by atoms with Crippen LogP contribution in [0.15, 0.2) is 47.5 Å². The minimum absolute atomic E-state index is 0.189. The van der Waals surface area contributed by atoms with Gasteiger partial charge in [0.15, 0.2) is 5.82 Å². The first kappa shape index (κ1) is 20.6. The molecule has 2 N–H and O–H groups in total. The number of nitriles is 1. The molecule has 1 unspecified atom stereocenters. The number of pyridine rings is 1. The Kier molecular flexibility index (Phi) is 5.96. The number of hydrogen-bond donors (Lipinski definition) is 2. The Morgan fingerprint density at radius 2 is 2.23 bits per heavy atom. The predicted molar refractivity (Wildman–Crippen MR) is 115 cm³/mol. The molecule has 1 aliphatic heterocycles. The smallest absolute Gasteiger partial charge is 0.280 e. The van der Waals surface area contributed by atoms with Gasteiger partial charge in [0.1, 0.15) is 0 Å². The summed E-state index contributed by atoms with van der Waals surface area (Å²) < 4.78 is 6.67. The molecule has 3 heterocycles. The van der Waals surface area contributed by atoms with Gasteiger partial charge in [0, 0.05) is 32.2 Å². The monoisotopic (exact) mass is 417 g/mol. The first-order valence-corrected chi connectivity index (χ1v) is 10.2. The summed E-state index contributed by atoms with van der Waals surface area (Å²) in [4.78, 5) is 29.5.